The average Bonchev–Trinajstić information content (AvgIpc) is 2.45. The second-order valence-corrected chi connectivity index (χ2v) is 4.82. The van der Waals surface area contributed by atoms with Crippen molar-refractivity contribution in [3.8, 4) is 11.5 Å². The molecule has 0 bridgehead atoms. The van der Waals surface area contributed by atoms with Crippen LogP contribution in [0, 0.1) is 0 Å². The summed E-state index contributed by atoms with van der Waals surface area (Å²) in [4.78, 5) is 0. The summed E-state index contributed by atoms with van der Waals surface area (Å²) in [7, 11) is 3.36. The van der Waals surface area contributed by atoms with Crippen molar-refractivity contribution in [2.45, 2.75) is 44.9 Å². The molecule has 0 saturated heterocycles. The number of aliphatic hydroxyl groups is 1. The second kappa shape index (κ2) is 9.68. The van der Waals surface area contributed by atoms with Gasteiger partial charge in [-0.3, -0.25) is 0 Å². The maximum Gasteiger partial charge on any atom is 0.122 e. The predicted molar refractivity (Wildman–Crippen MR) is 78.0 cm³/mol. The van der Waals surface area contributed by atoms with E-state index in [2.05, 4.69) is 12.1 Å². The first-order chi connectivity index (χ1) is 9.30. The number of aryl methyl sites for hydroxylation is 1. The van der Waals surface area contributed by atoms with Crippen molar-refractivity contribution in [3.63, 3.8) is 0 Å². The fraction of sp³-hybridized carbons (Fsp3) is 0.625. The van der Waals surface area contributed by atoms with Crippen molar-refractivity contribution >= 4 is 0 Å². The topological polar surface area (TPSA) is 38.7 Å². The minimum atomic E-state index is 0.323. The van der Waals surface area contributed by atoms with E-state index in [0.717, 1.165) is 30.8 Å². The summed E-state index contributed by atoms with van der Waals surface area (Å²) in [5.74, 6) is 1.72. The smallest absolute Gasteiger partial charge is 0.122 e. The Morgan fingerprint density at radius 2 is 1.32 bits per heavy atom. The van der Waals surface area contributed by atoms with Crippen LogP contribution in [0.2, 0.25) is 0 Å². The van der Waals surface area contributed by atoms with Crippen molar-refractivity contribution in [3.05, 3.63) is 23.8 Å². The highest BCUT2D eigenvalue weighted by molar-refractivity contribution is 5.38. The summed E-state index contributed by atoms with van der Waals surface area (Å²) in [6.45, 7) is 0.323. The second-order valence-electron chi connectivity index (χ2n) is 4.82. The van der Waals surface area contributed by atoms with E-state index in [9.17, 15) is 0 Å². The Morgan fingerprint density at radius 1 is 0.789 bits per heavy atom. The number of benzene rings is 1. The van der Waals surface area contributed by atoms with Crippen LogP contribution in [0.15, 0.2) is 18.2 Å². The molecule has 0 aliphatic heterocycles. The third-order valence-electron chi connectivity index (χ3n) is 3.28. The van der Waals surface area contributed by atoms with Crippen molar-refractivity contribution < 1.29 is 14.6 Å². The van der Waals surface area contributed by atoms with Gasteiger partial charge in [0.05, 0.1) is 14.2 Å². The lowest BCUT2D eigenvalue weighted by atomic mass is 10.0. The van der Waals surface area contributed by atoms with E-state index in [1.807, 2.05) is 6.07 Å². The summed E-state index contributed by atoms with van der Waals surface area (Å²) in [5.41, 5.74) is 1.27. The van der Waals surface area contributed by atoms with E-state index in [-0.39, 0.29) is 0 Å². The average molecular weight is 266 g/mol. The van der Waals surface area contributed by atoms with Crippen LogP contribution in [0.1, 0.15) is 44.1 Å². The maximum absolute atomic E-state index is 8.69. The molecule has 0 aromatic heterocycles. The predicted octanol–water partition coefficient (Wildman–Crippen LogP) is 3.58. The van der Waals surface area contributed by atoms with E-state index in [0.29, 0.717) is 6.61 Å². The molecule has 108 valence electrons. The minimum absolute atomic E-state index is 0.323. The van der Waals surface area contributed by atoms with E-state index < -0.39 is 0 Å². The van der Waals surface area contributed by atoms with Gasteiger partial charge in [-0.1, -0.05) is 25.7 Å². The van der Waals surface area contributed by atoms with Gasteiger partial charge in [0.25, 0.3) is 0 Å². The van der Waals surface area contributed by atoms with Gasteiger partial charge < -0.3 is 14.6 Å². The molecule has 0 aliphatic carbocycles. The van der Waals surface area contributed by atoms with Crippen molar-refractivity contribution in [2.75, 3.05) is 20.8 Å². The molecule has 0 amide bonds. The molecular weight excluding hydrogens is 240 g/mol. The molecule has 0 spiro atoms. The zero-order chi connectivity index (χ0) is 13.9. The standard InChI is InChI=1S/C16H26O3/c1-18-15-11-14(12-16(13-15)19-2)9-7-5-3-4-6-8-10-17/h11-13,17H,3-10H2,1-2H3. The van der Waals surface area contributed by atoms with Gasteiger partial charge in [-0.25, -0.2) is 0 Å². The van der Waals surface area contributed by atoms with Gasteiger partial charge in [0.1, 0.15) is 11.5 Å². The number of rotatable bonds is 10. The molecule has 0 radical (unpaired) electrons. The lowest BCUT2D eigenvalue weighted by Gasteiger charge is -2.08. The number of ether oxygens (including phenoxy) is 2. The lowest BCUT2D eigenvalue weighted by molar-refractivity contribution is 0.282. The first-order valence-electron chi connectivity index (χ1n) is 7.13. The lowest BCUT2D eigenvalue weighted by Crippen LogP contribution is -1.92. The number of aliphatic hydroxyl groups excluding tert-OH is 1. The number of hydrogen-bond donors (Lipinski definition) is 1. The Kier molecular flexibility index (Phi) is 8.07. The third kappa shape index (κ3) is 6.48. The number of hydrogen-bond acceptors (Lipinski definition) is 3. The van der Waals surface area contributed by atoms with Gasteiger partial charge in [-0.2, -0.15) is 0 Å². The van der Waals surface area contributed by atoms with Crippen molar-refractivity contribution in [1.29, 1.82) is 0 Å². The fourth-order valence-corrected chi connectivity index (χ4v) is 2.16. The molecule has 0 atom stereocenters. The van der Waals surface area contributed by atoms with E-state index in [1.165, 1.54) is 31.2 Å². The summed E-state index contributed by atoms with van der Waals surface area (Å²) in [6.07, 6.45) is 8.05. The largest absolute Gasteiger partial charge is 0.497 e. The molecule has 1 N–H and O–H groups in total. The van der Waals surface area contributed by atoms with Gasteiger partial charge in [-0.15, -0.1) is 0 Å². The van der Waals surface area contributed by atoms with Crippen molar-refractivity contribution in [1.82, 2.24) is 0 Å². The monoisotopic (exact) mass is 266 g/mol. The molecule has 0 saturated carbocycles. The van der Waals surface area contributed by atoms with E-state index >= 15 is 0 Å². The van der Waals surface area contributed by atoms with Gasteiger partial charge in [0, 0.05) is 12.7 Å². The van der Waals surface area contributed by atoms with Crippen LogP contribution in [0.25, 0.3) is 0 Å². The molecular formula is C16H26O3. The summed E-state index contributed by atoms with van der Waals surface area (Å²) in [5, 5.41) is 8.69. The Balaban J connectivity index is 2.28. The van der Waals surface area contributed by atoms with Gasteiger partial charge in [0.15, 0.2) is 0 Å². The molecule has 3 nitrogen and oxygen atoms in total. The third-order valence-corrected chi connectivity index (χ3v) is 3.28. The Bertz CT molecular complexity index is 328. The SMILES string of the molecule is COc1cc(CCCCCCCCO)cc(OC)c1. The Morgan fingerprint density at radius 3 is 1.84 bits per heavy atom. The molecule has 3 heteroatoms. The van der Waals surface area contributed by atoms with Crippen LogP contribution in [0.5, 0.6) is 11.5 Å². The molecule has 0 fully saturated rings. The fourth-order valence-electron chi connectivity index (χ4n) is 2.16. The van der Waals surface area contributed by atoms with Crippen LogP contribution < -0.4 is 9.47 Å². The van der Waals surface area contributed by atoms with Crippen LogP contribution in [0.4, 0.5) is 0 Å². The first-order valence-corrected chi connectivity index (χ1v) is 7.13. The number of unbranched alkanes of at least 4 members (excludes halogenated alkanes) is 5. The Hall–Kier alpha value is -1.22. The molecule has 1 aromatic carbocycles. The van der Waals surface area contributed by atoms with Crippen LogP contribution in [-0.4, -0.2) is 25.9 Å². The van der Waals surface area contributed by atoms with E-state index in [4.69, 9.17) is 14.6 Å². The molecule has 0 aliphatic rings. The highest BCUT2D eigenvalue weighted by Gasteiger charge is 2.02. The summed E-state index contributed by atoms with van der Waals surface area (Å²) >= 11 is 0. The molecule has 1 rings (SSSR count). The van der Waals surface area contributed by atoms with Crippen LogP contribution in [-0.2, 0) is 6.42 Å². The highest BCUT2D eigenvalue weighted by Crippen LogP contribution is 2.23. The van der Waals surface area contributed by atoms with Crippen molar-refractivity contribution in [2.24, 2.45) is 0 Å². The Labute approximate surface area is 116 Å². The van der Waals surface area contributed by atoms with Gasteiger partial charge >= 0.3 is 0 Å². The number of methoxy groups -OCH3 is 2. The van der Waals surface area contributed by atoms with Gasteiger partial charge in [-0.05, 0) is 37.0 Å². The van der Waals surface area contributed by atoms with Gasteiger partial charge in [0.2, 0.25) is 0 Å². The molecule has 0 heterocycles. The maximum atomic E-state index is 8.69. The zero-order valence-corrected chi connectivity index (χ0v) is 12.2. The quantitative estimate of drug-likeness (QED) is 0.658. The normalized spacial score (nSPS) is 10.5. The zero-order valence-electron chi connectivity index (χ0n) is 12.2. The molecule has 1 aromatic rings. The first kappa shape index (κ1) is 15.8. The van der Waals surface area contributed by atoms with Crippen LogP contribution in [0.3, 0.4) is 0 Å². The highest BCUT2D eigenvalue weighted by atomic mass is 16.5. The van der Waals surface area contributed by atoms with Crippen LogP contribution >= 0.6 is 0 Å². The minimum Gasteiger partial charge on any atom is -0.497 e. The molecule has 0 unspecified atom stereocenters. The van der Waals surface area contributed by atoms with E-state index in [1.54, 1.807) is 14.2 Å². The summed E-state index contributed by atoms with van der Waals surface area (Å²) in [6, 6.07) is 6.06. The molecule has 19 heavy (non-hydrogen) atoms. The summed E-state index contributed by atoms with van der Waals surface area (Å²) < 4.78 is 10.5.